The minimum Gasteiger partial charge on any atom is -0.444 e. The van der Waals surface area contributed by atoms with E-state index >= 15 is 0 Å². The molecule has 3 heterocycles. The summed E-state index contributed by atoms with van der Waals surface area (Å²) < 4.78 is 5.55. The van der Waals surface area contributed by atoms with E-state index in [1.165, 1.54) is 25.5 Å². The number of aromatic nitrogens is 2. The predicted octanol–water partition coefficient (Wildman–Crippen LogP) is 1.84. The number of amides is 3. The van der Waals surface area contributed by atoms with Crippen molar-refractivity contribution in [2.45, 2.75) is 63.1 Å². The average molecular weight is 453 g/mol. The number of nitrogens with one attached hydrogen (secondary N) is 3. The van der Waals surface area contributed by atoms with Gasteiger partial charge in [0.2, 0.25) is 0 Å². The smallest absolute Gasteiger partial charge is 0.407 e. The van der Waals surface area contributed by atoms with Crippen LogP contribution in [0.15, 0.2) is 11.0 Å². The molecule has 31 heavy (non-hydrogen) atoms. The Balaban J connectivity index is 1.20. The summed E-state index contributed by atoms with van der Waals surface area (Å²) in [6, 6.07) is 0.111. The van der Waals surface area contributed by atoms with Crippen LogP contribution in [0.5, 0.6) is 0 Å². The first-order valence-corrected chi connectivity index (χ1v) is 11.4. The lowest BCUT2D eigenvalue weighted by Gasteiger charge is -2.26. The molecule has 3 fully saturated rings. The van der Waals surface area contributed by atoms with E-state index in [2.05, 4.69) is 20.8 Å². The van der Waals surface area contributed by atoms with Crippen molar-refractivity contribution in [3.8, 4) is 0 Å². The average Bonchev–Trinajstić information content (AvgIpc) is 3.40. The lowest BCUT2D eigenvalue weighted by atomic mass is 9.96. The molecule has 2 saturated heterocycles. The van der Waals surface area contributed by atoms with E-state index < -0.39 is 11.7 Å². The zero-order valence-electron chi connectivity index (χ0n) is 17.4. The number of nitrogens with zero attached hydrogens (tertiary/aromatic N) is 3. The number of H-pyrrole nitrogens is 1. The zero-order valence-corrected chi connectivity index (χ0v) is 18.2. The number of alkyl carbamates (subject to hydrolysis) is 1. The van der Waals surface area contributed by atoms with Crippen LogP contribution in [0, 0.1) is 0 Å². The lowest BCUT2D eigenvalue weighted by Crippen LogP contribution is -2.46. The highest BCUT2D eigenvalue weighted by atomic mass is 35.5. The normalized spacial score (nSPS) is 24.3. The fraction of sp³-hybridized carbons (Fsp3) is 0.700. The summed E-state index contributed by atoms with van der Waals surface area (Å²) in [4.78, 5) is 40.1. The number of hydrogen-bond acceptors (Lipinski definition) is 6. The van der Waals surface area contributed by atoms with E-state index in [9.17, 15) is 14.4 Å². The minimum absolute atomic E-state index is 0.0423. The van der Waals surface area contributed by atoms with Gasteiger partial charge in [-0.15, -0.1) is 0 Å². The Bertz CT molecular complexity index is 858. The predicted molar refractivity (Wildman–Crippen MR) is 115 cm³/mol. The molecule has 3 aliphatic rings. The van der Waals surface area contributed by atoms with Crippen molar-refractivity contribution in [1.29, 1.82) is 0 Å². The van der Waals surface area contributed by atoms with Crippen molar-refractivity contribution in [3.63, 3.8) is 0 Å². The summed E-state index contributed by atoms with van der Waals surface area (Å²) in [5, 5.41) is 12.1. The topological polar surface area (TPSA) is 120 Å². The summed E-state index contributed by atoms with van der Waals surface area (Å²) in [7, 11) is 0. The molecule has 1 saturated carbocycles. The Kier molecular flexibility index (Phi) is 6.84. The first-order valence-electron chi connectivity index (χ1n) is 11.0. The Labute approximate surface area is 185 Å². The van der Waals surface area contributed by atoms with Crippen LogP contribution in [0.4, 0.5) is 15.3 Å². The molecule has 11 heteroatoms. The number of urea groups is 1. The molecule has 0 bridgehead atoms. The fourth-order valence-electron chi connectivity index (χ4n) is 4.57. The van der Waals surface area contributed by atoms with E-state index in [1.807, 2.05) is 4.90 Å². The SMILES string of the molecule is O=C(N[C@H]1CCN(C(=O)NC2CCCCC2)C1)O[C@@H]1CCN(c2cn[nH]c(=O)c2Cl)C1. The van der Waals surface area contributed by atoms with Crippen LogP contribution in [-0.2, 0) is 4.74 Å². The second-order valence-electron chi connectivity index (χ2n) is 8.52. The van der Waals surface area contributed by atoms with Gasteiger partial charge in [0.25, 0.3) is 5.56 Å². The highest BCUT2D eigenvalue weighted by Crippen LogP contribution is 2.26. The van der Waals surface area contributed by atoms with Crippen molar-refractivity contribution in [2.75, 3.05) is 31.1 Å². The molecule has 1 aromatic heterocycles. The van der Waals surface area contributed by atoms with Crippen molar-refractivity contribution in [1.82, 2.24) is 25.7 Å². The molecule has 1 aromatic rings. The molecular weight excluding hydrogens is 424 g/mol. The van der Waals surface area contributed by atoms with E-state index in [1.54, 1.807) is 4.90 Å². The van der Waals surface area contributed by atoms with E-state index in [0.717, 1.165) is 12.8 Å². The van der Waals surface area contributed by atoms with E-state index in [-0.39, 0.29) is 29.2 Å². The quantitative estimate of drug-likeness (QED) is 0.641. The van der Waals surface area contributed by atoms with Crippen LogP contribution in [-0.4, -0.2) is 71.6 Å². The van der Waals surface area contributed by atoms with Crippen LogP contribution in [0.25, 0.3) is 0 Å². The number of carbonyl (C=O) groups excluding carboxylic acids is 2. The highest BCUT2D eigenvalue weighted by Gasteiger charge is 2.31. The van der Waals surface area contributed by atoms with Crippen molar-refractivity contribution < 1.29 is 14.3 Å². The molecular formula is C20H29ClN6O4. The monoisotopic (exact) mass is 452 g/mol. The van der Waals surface area contributed by atoms with Gasteiger partial charge in [-0.3, -0.25) is 4.79 Å². The van der Waals surface area contributed by atoms with Crippen LogP contribution in [0.3, 0.4) is 0 Å². The largest absolute Gasteiger partial charge is 0.444 e. The molecule has 2 atom stereocenters. The maximum atomic E-state index is 12.5. The molecule has 10 nitrogen and oxygen atoms in total. The van der Waals surface area contributed by atoms with Crippen molar-refractivity contribution in [3.05, 3.63) is 21.6 Å². The van der Waals surface area contributed by atoms with Crippen LogP contribution < -0.4 is 21.1 Å². The number of halogens is 1. The van der Waals surface area contributed by atoms with Crippen molar-refractivity contribution in [2.24, 2.45) is 0 Å². The van der Waals surface area contributed by atoms with E-state index in [0.29, 0.717) is 44.7 Å². The van der Waals surface area contributed by atoms with Crippen LogP contribution in [0.1, 0.15) is 44.9 Å². The molecule has 2 aliphatic heterocycles. The van der Waals surface area contributed by atoms with Gasteiger partial charge in [-0.2, -0.15) is 5.10 Å². The number of hydrogen-bond donors (Lipinski definition) is 3. The molecule has 3 N–H and O–H groups in total. The second kappa shape index (κ2) is 9.76. The first-order chi connectivity index (χ1) is 15.0. The highest BCUT2D eigenvalue weighted by molar-refractivity contribution is 6.33. The Hall–Kier alpha value is -2.49. The number of likely N-dealkylation sites (tertiary alicyclic amines) is 1. The standard InChI is InChI=1S/C20H29ClN6O4/c21-17-16(10-22-25-18(17)28)26-9-7-15(12-26)31-20(30)24-14-6-8-27(11-14)19(29)23-13-4-2-1-3-5-13/h10,13-15H,1-9,11-12H2,(H,23,29)(H,24,30)(H,25,28)/t14-,15+/m0/s1. The van der Waals surface area contributed by atoms with Gasteiger partial charge < -0.3 is 25.2 Å². The molecule has 0 radical (unpaired) electrons. The third-order valence-electron chi connectivity index (χ3n) is 6.27. The molecule has 170 valence electrons. The first kappa shape index (κ1) is 21.7. The summed E-state index contributed by atoms with van der Waals surface area (Å²) in [5.41, 5.74) is 0.0897. The number of anilines is 1. The lowest BCUT2D eigenvalue weighted by molar-refractivity contribution is 0.105. The van der Waals surface area contributed by atoms with Gasteiger partial charge in [0.05, 0.1) is 24.5 Å². The summed E-state index contributed by atoms with van der Waals surface area (Å²) in [6.07, 6.45) is 7.73. The molecule has 3 amide bonds. The zero-order chi connectivity index (χ0) is 21.8. The molecule has 1 aliphatic carbocycles. The maximum Gasteiger partial charge on any atom is 0.407 e. The van der Waals surface area contributed by atoms with E-state index in [4.69, 9.17) is 16.3 Å². The number of ether oxygens (including phenoxy) is 1. The van der Waals surface area contributed by atoms with Gasteiger partial charge in [-0.05, 0) is 19.3 Å². The van der Waals surface area contributed by atoms with Crippen LogP contribution >= 0.6 is 11.6 Å². The van der Waals surface area contributed by atoms with Gasteiger partial charge in [0.15, 0.2) is 0 Å². The minimum atomic E-state index is -0.485. The van der Waals surface area contributed by atoms with Gasteiger partial charge >= 0.3 is 12.1 Å². The van der Waals surface area contributed by atoms with Gasteiger partial charge in [-0.1, -0.05) is 30.9 Å². The van der Waals surface area contributed by atoms with Crippen molar-refractivity contribution >= 4 is 29.4 Å². The van der Waals surface area contributed by atoms with Crippen LogP contribution in [0.2, 0.25) is 5.02 Å². The van der Waals surface area contributed by atoms with Gasteiger partial charge in [0, 0.05) is 32.1 Å². The van der Waals surface area contributed by atoms with Gasteiger partial charge in [-0.25, -0.2) is 14.7 Å². The second-order valence-corrected chi connectivity index (χ2v) is 8.90. The Morgan fingerprint density at radius 2 is 1.87 bits per heavy atom. The third-order valence-corrected chi connectivity index (χ3v) is 6.63. The summed E-state index contributed by atoms with van der Waals surface area (Å²) in [5.74, 6) is 0. The number of rotatable bonds is 4. The number of aromatic amines is 1. The third kappa shape index (κ3) is 5.41. The number of carbonyl (C=O) groups is 2. The molecule has 0 unspecified atom stereocenters. The maximum absolute atomic E-state index is 12.5. The molecule has 4 rings (SSSR count). The summed E-state index contributed by atoms with van der Waals surface area (Å²) >= 11 is 6.06. The summed E-state index contributed by atoms with van der Waals surface area (Å²) in [6.45, 7) is 2.16. The fourth-order valence-corrected chi connectivity index (χ4v) is 4.78. The molecule has 0 aromatic carbocycles. The Morgan fingerprint density at radius 1 is 1.06 bits per heavy atom. The van der Waals surface area contributed by atoms with Gasteiger partial charge in [0.1, 0.15) is 11.1 Å². The molecule has 0 spiro atoms. The Morgan fingerprint density at radius 3 is 2.68 bits per heavy atom.